The second-order valence-electron chi connectivity index (χ2n) is 5.01. The van der Waals surface area contributed by atoms with Crippen LogP contribution in [0.25, 0.3) is 5.82 Å². The fourth-order valence-electron chi connectivity index (χ4n) is 2.00. The van der Waals surface area contributed by atoms with Crippen molar-refractivity contribution in [3.63, 3.8) is 0 Å². The molecule has 0 aliphatic rings. The van der Waals surface area contributed by atoms with Crippen molar-refractivity contribution < 1.29 is 9.53 Å². The normalized spacial score (nSPS) is 10.4. The van der Waals surface area contributed by atoms with E-state index in [1.54, 1.807) is 43.0 Å². The maximum absolute atomic E-state index is 11.8. The predicted octanol–water partition coefficient (Wildman–Crippen LogP) is 2.62. The molecule has 3 rings (SSSR count). The molecule has 0 fully saturated rings. The lowest BCUT2D eigenvalue weighted by Gasteiger charge is -2.08. The molecule has 1 N–H and O–H groups in total. The maximum Gasteiger partial charge on any atom is 0.258 e. The van der Waals surface area contributed by atoms with Crippen LogP contribution in [0.3, 0.4) is 0 Å². The smallest absolute Gasteiger partial charge is 0.258 e. The highest BCUT2D eigenvalue weighted by Crippen LogP contribution is 2.15. The van der Waals surface area contributed by atoms with Gasteiger partial charge in [-0.15, -0.1) is 0 Å². The number of rotatable bonds is 6. The van der Waals surface area contributed by atoms with Gasteiger partial charge in [-0.2, -0.15) is 0 Å². The molecular formula is C17H15ClN4O2. The van der Waals surface area contributed by atoms with Gasteiger partial charge >= 0.3 is 0 Å². The van der Waals surface area contributed by atoms with Crippen LogP contribution in [0.5, 0.6) is 5.75 Å². The first kappa shape index (κ1) is 16.0. The van der Waals surface area contributed by atoms with Crippen LogP contribution in [-0.2, 0) is 11.3 Å². The van der Waals surface area contributed by atoms with Crippen molar-refractivity contribution in [3.8, 4) is 11.6 Å². The Balaban J connectivity index is 1.46. The van der Waals surface area contributed by atoms with Gasteiger partial charge in [0.05, 0.1) is 0 Å². The number of aromatic nitrogens is 3. The number of halogens is 1. The molecule has 0 saturated carbocycles. The summed E-state index contributed by atoms with van der Waals surface area (Å²) in [6.07, 6.45) is 6.90. The van der Waals surface area contributed by atoms with E-state index in [2.05, 4.69) is 15.3 Å². The van der Waals surface area contributed by atoms with Gasteiger partial charge in [0, 0.05) is 30.2 Å². The summed E-state index contributed by atoms with van der Waals surface area (Å²) in [5.74, 6) is 1.16. The van der Waals surface area contributed by atoms with Gasteiger partial charge in [-0.25, -0.2) is 9.97 Å². The third-order valence-corrected chi connectivity index (χ3v) is 3.50. The fourth-order valence-corrected chi connectivity index (χ4v) is 2.13. The van der Waals surface area contributed by atoms with Crippen molar-refractivity contribution in [2.75, 3.05) is 6.61 Å². The Hall–Kier alpha value is -2.86. The van der Waals surface area contributed by atoms with Crippen molar-refractivity contribution in [3.05, 3.63) is 71.9 Å². The molecular weight excluding hydrogens is 328 g/mol. The van der Waals surface area contributed by atoms with Crippen LogP contribution in [0.1, 0.15) is 5.56 Å². The number of carbonyl (C=O) groups is 1. The minimum Gasteiger partial charge on any atom is -0.484 e. The molecule has 0 bridgehead atoms. The van der Waals surface area contributed by atoms with Gasteiger partial charge in [0.2, 0.25) is 0 Å². The summed E-state index contributed by atoms with van der Waals surface area (Å²) in [6.45, 7) is 0.336. The SMILES string of the molecule is O=C(COc1ccc(Cl)cc1)NCc1ccc(-n2ccnc2)nc1. The number of nitrogens with one attached hydrogen (secondary N) is 1. The summed E-state index contributed by atoms with van der Waals surface area (Å²) < 4.78 is 7.19. The second kappa shape index (κ2) is 7.61. The Morgan fingerprint density at radius 1 is 1.21 bits per heavy atom. The van der Waals surface area contributed by atoms with Crippen LogP contribution in [0.2, 0.25) is 5.02 Å². The van der Waals surface area contributed by atoms with Crippen molar-refractivity contribution in [1.82, 2.24) is 19.9 Å². The van der Waals surface area contributed by atoms with Gasteiger partial charge < -0.3 is 10.1 Å². The largest absolute Gasteiger partial charge is 0.484 e. The fraction of sp³-hybridized carbons (Fsp3) is 0.118. The molecule has 24 heavy (non-hydrogen) atoms. The highest BCUT2D eigenvalue weighted by atomic mass is 35.5. The van der Waals surface area contributed by atoms with E-state index in [-0.39, 0.29) is 12.5 Å². The number of pyridine rings is 1. The first-order valence-corrected chi connectivity index (χ1v) is 7.67. The lowest BCUT2D eigenvalue weighted by atomic mass is 10.3. The third kappa shape index (κ3) is 4.33. The number of benzene rings is 1. The number of imidazole rings is 1. The molecule has 0 saturated heterocycles. The highest BCUT2D eigenvalue weighted by Gasteiger charge is 2.04. The molecule has 0 aliphatic carbocycles. The second-order valence-corrected chi connectivity index (χ2v) is 5.45. The molecule has 122 valence electrons. The topological polar surface area (TPSA) is 69.0 Å². The molecule has 1 amide bonds. The first-order valence-electron chi connectivity index (χ1n) is 7.29. The summed E-state index contributed by atoms with van der Waals surface area (Å²) in [7, 11) is 0. The summed E-state index contributed by atoms with van der Waals surface area (Å²) in [4.78, 5) is 20.1. The van der Waals surface area contributed by atoms with Crippen LogP contribution in [0.4, 0.5) is 0 Å². The number of carbonyl (C=O) groups excluding carboxylic acids is 1. The monoisotopic (exact) mass is 342 g/mol. The Morgan fingerprint density at radius 2 is 2.04 bits per heavy atom. The maximum atomic E-state index is 11.8. The average molecular weight is 343 g/mol. The van der Waals surface area contributed by atoms with E-state index in [1.165, 1.54) is 0 Å². The van der Waals surface area contributed by atoms with Crippen LogP contribution >= 0.6 is 11.6 Å². The minimum atomic E-state index is -0.205. The first-order chi connectivity index (χ1) is 11.7. The van der Waals surface area contributed by atoms with Gasteiger partial charge in [-0.05, 0) is 35.9 Å². The number of amides is 1. The van der Waals surface area contributed by atoms with Crippen molar-refractivity contribution in [1.29, 1.82) is 0 Å². The number of hydrogen-bond donors (Lipinski definition) is 1. The third-order valence-electron chi connectivity index (χ3n) is 3.25. The zero-order chi connectivity index (χ0) is 16.8. The molecule has 0 atom stereocenters. The molecule has 0 radical (unpaired) electrons. The Kier molecular flexibility index (Phi) is 5.08. The summed E-state index contributed by atoms with van der Waals surface area (Å²) >= 11 is 5.79. The molecule has 1 aromatic carbocycles. The van der Waals surface area contributed by atoms with Crippen molar-refractivity contribution in [2.45, 2.75) is 6.54 Å². The summed E-state index contributed by atoms with van der Waals surface area (Å²) in [6, 6.07) is 10.6. The van der Waals surface area contributed by atoms with Gasteiger partial charge in [0.25, 0.3) is 5.91 Å². The van der Waals surface area contributed by atoms with E-state index in [4.69, 9.17) is 16.3 Å². The van der Waals surface area contributed by atoms with Gasteiger partial charge in [0.15, 0.2) is 6.61 Å². The lowest BCUT2D eigenvalue weighted by Crippen LogP contribution is -2.28. The molecule has 0 spiro atoms. The Bertz CT molecular complexity index is 786. The quantitative estimate of drug-likeness (QED) is 0.747. The zero-order valence-corrected chi connectivity index (χ0v) is 13.5. The summed E-state index contributed by atoms with van der Waals surface area (Å²) in [5, 5.41) is 3.41. The standard InChI is InChI=1S/C17H15ClN4O2/c18-14-2-4-15(5-3-14)24-11-17(23)21-10-13-1-6-16(20-9-13)22-8-7-19-12-22/h1-9,12H,10-11H2,(H,21,23). The van der Waals surface area contributed by atoms with E-state index < -0.39 is 0 Å². The summed E-state index contributed by atoms with van der Waals surface area (Å²) in [5.41, 5.74) is 0.902. The van der Waals surface area contributed by atoms with Crippen LogP contribution in [0, 0.1) is 0 Å². The van der Waals surface area contributed by atoms with E-state index in [9.17, 15) is 4.79 Å². The van der Waals surface area contributed by atoms with Crippen LogP contribution < -0.4 is 10.1 Å². The van der Waals surface area contributed by atoms with E-state index in [0.717, 1.165) is 11.4 Å². The van der Waals surface area contributed by atoms with E-state index >= 15 is 0 Å². The number of nitrogens with zero attached hydrogens (tertiary/aromatic N) is 3. The van der Waals surface area contributed by atoms with E-state index in [1.807, 2.05) is 22.9 Å². The molecule has 7 heteroatoms. The molecule has 0 unspecified atom stereocenters. The zero-order valence-electron chi connectivity index (χ0n) is 12.7. The number of hydrogen-bond acceptors (Lipinski definition) is 4. The van der Waals surface area contributed by atoms with Crippen molar-refractivity contribution in [2.24, 2.45) is 0 Å². The van der Waals surface area contributed by atoms with Crippen LogP contribution in [-0.4, -0.2) is 27.0 Å². The molecule has 3 aromatic rings. The number of ether oxygens (including phenoxy) is 1. The molecule has 2 aromatic heterocycles. The van der Waals surface area contributed by atoms with Crippen LogP contribution in [0.15, 0.2) is 61.3 Å². The molecule has 6 nitrogen and oxygen atoms in total. The lowest BCUT2D eigenvalue weighted by molar-refractivity contribution is -0.123. The average Bonchev–Trinajstić information content (AvgIpc) is 3.14. The Labute approximate surface area is 144 Å². The molecule has 2 heterocycles. The Morgan fingerprint density at radius 3 is 2.71 bits per heavy atom. The molecule has 0 aliphatic heterocycles. The van der Waals surface area contributed by atoms with Gasteiger partial charge in [0.1, 0.15) is 17.9 Å². The van der Waals surface area contributed by atoms with Crippen molar-refractivity contribution >= 4 is 17.5 Å². The van der Waals surface area contributed by atoms with E-state index in [0.29, 0.717) is 17.3 Å². The highest BCUT2D eigenvalue weighted by molar-refractivity contribution is 6.30. The predicted molar refractivity (Wildman–Crippen MR) is 90.2 cm³/mol. The van der Waals surface area contributed by atoms with Gasteiger partial charge in [-0.3, -0.25) is 9.36 Å². The van der Waals surface area contributed by atoms with Gasteiger partial charge in [-0.1, -0.05) is 17.7 Å². The minimum absolute atomic E-state index is 0.0534.